The first-order chi connectivity index (χ1) is 27.3. The smallest absolute Gasteiger partial charge is 0.415 e. The lowest BCUT2D eigenvalue weighted by molar-refractivity contribution is -0.384. The number of ether oxygens (including phenoxy) is 4. The minimum Gasteiger partial charge on any atom is -0.492 e. The van der Waals surface area contributed by atoms with Crippen LogP contribution in [0.5, 0.6) is 17.2 Å². The van der Waals surface area contributed by atoms with Crippen LogP contribution in [-0.2, 0) is 9.57 Å². The lowest BCUT2D eigenvalue weighted by Gasteiger charge is -2.59. The number of aliphatic hydroxyl groups is 2. The molecule has 4 aliphatic rings. The molecule has 0 aromatic heterocycles. The topological polar surface area (TPSA) is 165 Å². The van der Waals surface area contributed by atoms with E-state index in [2.05, 4.69) is 28.8 Å². The average molecular weight is 777 g/mol. The van der Waals surface area contributed by atoms with Crippen molar-refractivity contribution in [2.75, 3.05) is 59.7 Å². The van der Waals surface area contributed by atoms with Gasteiger partial charge in [0.15, 0.2) is 0 Å². The summed E-state index contributed by atoms with van der Waals surface area (Å²) in [5, 5.41) is 35.6. The van der Waals surface area contributed by atoms with E-state index in [1.165, 1.54) is 31.4 Å². The van der Waals surface area contributed by atoms with Gasteiger partial charge in [-0.3, -0.25) is 19.9 Å². The summed E-state index contributed by atoms with van der Waals surface area (Å²) < 4.78 is 26.4. The molecule has 1 saturated heterocycles. The molecule has 14 nitrogen and oxygen atoms in total. The van der Waals surface area contributed by atoms with Crippen molar-refractivity contribution in [3.05, 3.63) is 82.4 Å². The summed E-state index contributed by atoms with van der Waals surface area (Å²) in [4.78, 5) is 34.7. The molecule has 2 heterocycles. The second kappa shape index (κ2) is 19.1. The van der Waals surface area contributed by atoms with Crippen LogP contribution in [0.1, 0.15) is 69.8 Å². The Morgan fingerprint density at radius 3 is 2.50 bits per heavy atom. The molecule has 2 aromatic rings. The maximum absolute atomic E-state index is 14.4. The minimum absolute atomic E-state index is 0.0744. The third-order valence-corrected chi connectivity index (χ3v) is 11.4. The van der Waals surface area contributed by atoms with Gasteiger partial charge in [-0.15, -0.1) is 6.58 Å². The quantitative estimate of drug-likeness (QED) is 0.0470. The molecule has 1 amide bonds. The number of benzene rings is 2. The molecule has 0 radical (unpaired) electrons. The first kappa shape index (κ1) is 41.1. The molecule has 6 rings (SSSR count). The van der Waals surface area contributed by atoms with Crippen LogP contribution < -0.4 is 14.2 Å². The molecule has 0 unspecified atom stereocenters. The van der Waals surface area contributed by atoms with Gasteiger partial charge in [-0.05, 0) is 79.8 Å². The first-order valence-corrected chi connectivity index (χ1v) is 20.0. The summed E-state index contributed by atoms with van der Waals surface area (Å²) in [6.07, 6.45) is 8.75. The Balaban J connectivity index is 1.50. The molecule has 304 valence electrons. The van der Waals surface area contributed by atoms with Gasteiger partial charge >= 0.3 is 6.09 Å². The summed E-state index contributed by atoms with van der Waals surface area (Å²) >= 11 is 0. The number of non-ortho nitro benzene ring substituents is 1. The van der Waals surface area contributed by atoms with Crippen LogP contribution >= 0.6 is 0 Å². The van der Waals surface area contributed by atoms with Crippen molar-refractivity contribution in [1.82, 2.24) is 9.80 Å². The summed E-state index contributed by atoms with van der Waals surface area (Å²) in [5.41, 5.74) is 2.47. The number of nitro groups is 1. The van der Waals surface area contributed by atoms with Crippen molar-refractivity contribution in [2.45, 2.75) is 76.0 Å². The number of carbonyl (C=O) groups is 1. The fourth-order valence-electron chi connectivity index (χ4n) is 8.85. The zero-order valence-electron chi connectivity index (χ0n) is 32.6. The molecule has 0 bridgehead atoms. The lowest BCUT2D eigenvalue weighted by Crippen LogP contribution is -2.70. The van der Waals surface area contributed by atoms with E-state index < -0.39 is 28.8 Å². The highest BCUT2D eigenvalue weighted by atomic mass is 16.7. The SMILES string of the molecule is C=CCO[C@@]12Oc3ccc(OCCN4CC4)cc3[C@H]3[C@H](CCCCO)[C@@H](CCCCO)C=C(C(=NOC)C[C@@H]1N(CCC)C(=O)Oc1ccc([N+](=O)[O-])cc1)[C@H]32. The molecule has 0 spiro atoms. The van der Waals surface area contributed by atoms with E-state index in [-0.39, 0.29) is 62.0 Å². The van der Waals surface area contributed by atoms with Gasteiger partial charge in [0, 0.05) is 69.4 Å². The average Bonchev–Trinajstić information content (AvgIpc) is 4.03. The molecule has 2 aromatic carbocycles. The summed E-state index contributed by atoms with van der Waals surface area (Å²) in [7, 11) is 1.51. The van der Waals surface area contributed by atoms with Crippen molar-refractivity contribution in [1.29, 1.82) is 0 Å². The van der Waals surface area contributed by atoms with E-state index in [9.17, 15) is 25.1 Å². The van der Waals surface area contributed by atoms with Crippen molar-refractivity contribution < 1.29 is 43.7 Å². The highest BCUT2D eigenvalue weighted by Crippen LogP contribution is 2.62. The number of allylic oxidation sites excluding steroid dienone is 1. The van der Waals surface area contributed by atoms with Gasteiger partial charge in [-0.2, -0.15) is 0 Å². The van der Waals surface area contributed by atoms with Crippen molar-refractivity contribution in [3.63, 3.8) is 0 Å². The molecule has 14 heteroatoms. The predicted molar refractivity (Wildman–Crippen MR) is 210 cm³/mol. The van der Waals surface area contributed by atoms with Crippen LogP contribution in [0.3, 0.4) is 0 Å². The standard InChI is InChI=1S/C42H56N4O10/c1-4-18-45(41(49)55-31-14-12-30(13-15-31)46(50)51)38-28-36(43-52-3)34-26-29(10-6-8-22-47)33(11-7-9-23-48)39-35-27-32(53-25-21-44-19-20-44)16-17-37(35)56-42(38,40(34)39)54-24-5-2/h5,12-17,26-27,29,33,38-40,47-48H,2,4,6-11,18-25,28H2,1,3H3/t29-,33+,38-,39+,40+,42+/m0/s1. The second-order valence-corrected chi connectivity index (χ2v) is 15.0. The highest BCUT2D eigenvalue weighted by Gasteiger charge is 2.65. The molecule has 2 aliphatic heterocycles. The second-order valence-electron chi connectivity index (χ2n) is 15.0. The summed E-state index contributed by atoms with van der Waals surface area (Å²) in [5.74, 6) is -0.361. The maximum Gasteiger partial charge on any atom is 0.415 e. The number of nitro benzene ring substituents is 1. The Bertz CT molecular complexity index is 1730. The zero-order valence-corrected chi connectivity index (χ0v) is 32.6. The number of carbonyl (C=O) groups excluding carboxylic acids is 1. The molecule has 56 heavy (non-hydrogen) atoms. The Morgan fingerprint density at radius 1 is 1.11 bits per heavy atom. The Morgan fingerprint density at radius 2 is 1.84 bits per heavy atom. The molecular formula is C42H56N4O10. The number of unbranched alkanes of at least 4 members (excludes halogenated alkanes) is 2. The predicted octanol–water partition coefficient (Wildman–Crippen LogP) is 6.46. The van der Waals surface area contributed by atoms with Crippen LogP contribution in [0.2, 0.25) is 0 Å². The Kier molecular flexibility index (Phi) is 14.0. The molecule has 1 saturated carbocycles. The van der Waals surface area contributed by atoms with Crippen molar-refractivity contribution in [2.24, 2.45) is 22.9 Å². The fourth-order valence-corrected chi connectivity index (χ4v) is 8.85. The van der Waals surface area contributed by atoms with Gasteiger partial charge in [-0.1, -0.05) is 37.1 Å². The summed E-state index contributed by atoms with van der Waals surface area (Å²) in [6.45, 7) is 10.1. The Hall–Kier alpha value is -4.50. The largest absolute Gasteiger partial charge is 0.492 e. The Labute approximate surface area is 328 Å². The van der Waals surface area contributed by atoms with Crippen LogP contribution in [-0.4, -0.2) is 108 Å². The van der Waals surface area contributed by atoms with Crippen molar-refractivity contribution in [3.8, 4) is 17.2 Å². The van der Waals surface area contributed by atoms with Crippen LogP contribution in [0.25, 0.3) is 0 Å². The van der Waals surface area contributed by atoms with Gasteiger partial charge in [-0.25, -0.2) is 4.79 Å². The maximum atomic E-state index is 14.4. The molecule has 2 aliphatic carbocycles. The normalized spacial score (nSPS) is 25.6. The number of amides is 1. The molecule has 6 atom stereocenters. The van der Waals surface area contributed by atoms with Crippen molar-refractivity contribution >= 4 is 17.5 Å². The number of hydrogen-bond donors (Lipinski definition) is 2. The summed E-state index contributed by atoms with van der Waals surface area (Å²) in [6, 6.07) is 10.6. The molecular weight excluding hydrogens is 720 g/mol. The van der Waals surface area contributed by atoms with Gasteiger partial charge in [0.1, 0.15) is 37.0 Å². The number of oxime groups is 1. The third kappa shape index (κ3) is 9.04. The number of fused-ring (bicyclic) bond motifs is 2. The van der Waals surface area contributed by atoms with Gasteiger partial charge < -0.3 is 34.0 Å². The van der Waals surface area contributed by atoms with E-state index >= 15 is 0 Å². The number of hydrogen-bond acceptors (Lipinski definition) is 12. The van der Waals surface area contributed by atoms with Gasteiger partial charge in [0.05, 0.1) is 23.2 Å². The highest BCUT2D eigenvalue weighted by molar-refractivity contribution is 6.03. The number of nitrogens with zero attached hydrogens (tertiary/aromatic N) is 4. The van der Waals surface area contributed by atoms with Crippen LogP contribution in [0.15, 0.2) is 71.9 Å². The van der Waals surface area contributed by atoms with E-state index in [0.717, 1.165) is 62.2 Å². The van der Waals surface area contributed by atoms with E-state index in [1.54, 1.807) is 11.0 Å². The minimum atomic E-state index is -1.43. The number of aliphatic hydroxyl groups excluding tert-OH is 2. The monoisotopic (exact) mass is 776 g/mol. The van der Waals surface area contributed by atoms with E-state index in [4.69, 9.17) is 23.8 Å². The van der Waals surface area contributed by atoms with E-state index in [1.807, 2.05) is 19.1 Å². The third-order valence-electron chi connectivity index (χ3n) is 11.4. The van der Waals surface area contributed by atoms with Crippen LogP contribution in [0, 0.1) is 27.9 Å². The number of rotatable bonds is 21. The molecule has 2 fully saturated rings. The lowest BCUT2D eigenvalue weighted by atomic mass is 9.55. The van der Waals surface area contributed by atoms with Gasteiger partial charge in [0.2, 0.25) is 5.79 Å². The van der Waals surface area contributed by atoms with Gasteiger partial charge in [0.25, 0.3) is 5.69 Å². The van der Waals surface area contributed by atoms with E-state index in [0.29, 0.717) is 37.3 Å². The molecule has 2 N–H and O–H groups in total. The first-order valence-electron chi connectivity index (χ1n) is 20.0. The van der Waals surface area contributed by atoms with Crippen LogP contribution in [0.4, 0.5) is 10.5 Å². The zero-order chi connectivity index (χ0) is 39.7. The fraction of sp³-hybridized carbons (Fsp3) is 0.571.